The van der Waals surface area contributed by atoms with Gasteiger partial charge in [-0.15, -0.1) is 0 Å². The van der Waals surface area contributed by atoms with E-state index in [1.807, 2.05) is 42.4 Å². The molecule has 0 unspecified atom stereocenters. The van der Waals surface area contributed by atoms with Crippen molar-refractivity contribution >= 4 is 30.1 Å². The van der Waals surface area contributed by atoms with E-state index in [2.05, 4.69) is 17.1 Å². The van der Waals surface area contributed by atoms with Gasteiger partial charge in [-0.25, -0.2) is 4.68 Å². The Balaban J connectivity index is 1.95. The average molecular weight is 341 g/mol. The van der Waals surface area contributed by atoms with E-state index >= 15 is 0 Å². The van der Waals surface area contributed by atoms with Crippen molar-refractivity contribution in [2.24, 2.45) is 0 Å². The molecule has 3 rings (SSSR count). The van der Waals surface area contributed by atoms with Crippen LogP contribution < -0.4 is 26.6 Å². The first-order valence-corrected chi connectivity index (χ1v) is 7.75. The monoisotopic (exact) mass is 340 g/mol. The van der Waals surface area contributed by atoms with Crippen molar-refractivity contribution in [1.82, 2.24) is 15.2 Å². The van der Waals surface area contributed by atoms with Gasteiger partial charge in [0, 0.05) is 18.3 Å². The Morgan fingerprint density at radius 2 is 1.96 bits per heavy atom. The summed E-state index contributed by atoms with van der Waals surface area (Å²) in [5.41, 5.74) is 4.52. The number of halogens is 1. The van der Waals surface area contributed by atoms with Crippen LogP contribution in [0.1, 0.15) is 0 Å². The predicted octanol–water partition coefficient (Wildman–Crippen LogP) is 1.61. The summed E-state index contributed by atoms with van der Waals surface area (Å²) in [6.07, 6.45) is 1.63. The van der Waals surface area contributed by atoms with Gasteiger partial charge in [0.05, 0.1) is 21.9 Å². The van der Waals surface area contributed by atoms with Crippen molar-refractivity contribution in [3.05, 3.63) is 80.5 Å². The molecule has 6 heteroatoms. The maximum Gasteiger partial charge on any atom is 0.280 e. The standard InChI is InChI=1S/C18H17ClN4O/c1-13-17(12-20-22(2)15-8-4-3-5-9-15)18(24)23(21-13)16-10-6-7-14(19)11-16/h3-12,20-21H,1H2,2H3. The number of aromatic nitrogens is 2. The summed E-state index contributed by atoms with van der Waals surface area (Å²) < 4.78 is 1.42. The summed E-state index contributed by atoms with van der Waals surface area (Å²) >= 11 is 5.99. The van der Waals surface area contributed by atoms with E-state index in [1.165, 1.54) is 4.68 Å². The summed E-state index contributed by atoms with van der Waals surface area (Å²) in [5.74, 6) is 0. The fourth-order valence-electron chi connectivity index (χ4n) is 2.33. The molecule has 0 aliphatic carbocycles. The van der Waals surface area contributed by atoms with E-state index in [0.29, 0.717) is 21.3 Å². The van der Waals surface area contributed by atoms with Crippen LogP contribution in [0.25, 0.3) is 18.5 Å². The normalized spacial score (nSPS) is 11.5. The summed E-state index contributed by atoms with van der Waals surface area (Å²) in [6, 6.07) is 16.8. The van der Waals surface area contributed by atoms with Gasteiger partial charge in [-0.2, -0.15) is 0 Å². The third-order valence-electron chi connectivity index (χ3n) is 3.62. The van der Waals surface area contributed by atoms with Gasteiger partial charge in [-0.1, -0.05) is 42.4 Å². The molecule has 0 saturated carbocycles. The van der Waals surface area contributed by atoms with Crippen LogP contribution in [0.4, 0.5) is 5.69 Å². The quantitative estimate of drug-likeness (QED) is 0.709. The van der Waals surface area contributed by atoms with Gasteiger partial charge in [-0.3, -0.25) is 14.9 Å². The number of hydrogen-bond acceptors (Lipinski definition) is 3. The highest BCUT2D eigenvalue weighted by Gasteiger charge is 2.05. The number of nitrogens with one attached hydrogen (secondary N) is 2. The molecule has 0 radical (unpaired) electrons. The smallest absolute Gasteiger partial charge is 0.280 e. The van der Waals surface area contributed by atoms with Crippen LogP contribution in [0.2, 0.25) is 5.02 Å². The van der Waals surface area contributed by atoms with Crippen molar-refractivity contribution in [3.8, 4) is 5.69 Å². The maximum atomic E-state index is 12.6. The third-order valence-corrected chi connectivity index (χ3v) is 3.85. The zero-order valence-corrected chi connectivity index (χ0v) is 13.9. The minimum atomic E-state index is -0.198. The van der Waals surface area contributed by atoms with Gasteiger partial charge >= 0.3 is 0 Å². The second kappa shape index (κ2) is 6.68. The molecule has 3 aromatic rings. The van der Waals surface area contributed by atoms with Gasteiger partial charge in [-0.05, 0) is 30.3 Å². The van der Waals surface area contributed by atoms with Crippen molar-refractivity contribution in [2.75, 3.05) is 12.1 Å². The van der Waals surface area contributed by atoms with E-state index in [4.69, 9.17) is 11.6 Å². The Morgan fingerprint density at radius 1 is 1.21 bits per heavy atom. The molecule has 0 spiro atoms. The van der Waals surface area contributed by atoms with Gasteiger partial charge in [0.25, 0.3) is 5.56 Å². The number of H-pyrrole nitrogens is 1. The Morgan fingerprint density at radius 3 is 2.67 bits per heavy atom. The lowest BCUT2D eigenvalue weighted by Gasteiger charge is -2.18. The van der Waals surface area contributed by atoms with Crippen LogP contribution in [0, 0.1) is 0 Å². The number of hydrazine groups is 1. The molecule has 5 nitrogen and oxygen atoms in total. The first-order valence-electron chi connectivity index (χ1n) is 7.37. The molecular weight excluding hydrogens is 324 g/mol. The number of hydrogen-bond donors (Lipinski definition) is 2. The zero-order valence-electron chi connectivity index (χ0n) is 13.2. The Labute approximate surface area is 144 Å². The van der Waals surface area contributed by atoms with Crippen LogP contribution in [0.3, 0.4) is 0 Å². The predicted molar refractivity (Wildman–Crippen MR) is 98.6 cm³/mol. The molecule has 1 heterocycles. The third kappa shape index (κ3) is 3.21. The van der Waals surface area contributed by atoms with E-state index in [1.54, 1.807) is 30.5 Å². The molecule has 0 fully saturated rings. The number of para-hydroxylation sites is 1. The topological polar surface area (TPSA) is 53.1 Å². The summed E-state index contributed by atoms with van der Waals surface area (Å²) in [7, 11) is 1.87. The molecule has 0 aliphatic heterocycles. The molecule has 0 saturated heterocycles. The van der Waals surface area contributed by atoms with Crippen molar-refractivity contribution in [1.29, 1.82) is 0 Å². The second-order valence-electron chi connectivity index (χ2n) is 5.29. The highest BCUT2D eigenvalue weighted by Crippen LogP contribution is 2.11. The Kier molecular flexibility index (Phi) is 4.44. The second-order valence-corrected chi connectivity index (χ2v) is 5.73. The summed E-state index contributed by atoms with van der Waals surface area (Å²) in [5, 5.41) is 6.32. The zero-order chi connectivity index (χ0) is 17.1. The number of aromatic amines is 1. The first-order chi connectivity index (χ1) is 11.6. The van der Waals surface area contributed by atoms with Gasteiger partial charge in [0.1, 0.15) is 0 Å². The highest BCUT2D eigenvalue weighted by molar-refractivity contribution is 6.30. The van der Waals surface area contributed by atoms with E-state index in [-0.39, 0.29) is 5.56 Å². The minimum Gasteiger partial charge on any atom is -0.305 e. The molecule has 24 heavy (non-hydrogen) atoms. The number of anilines is 1. The Hall–Kier alpha value is -2.92. The number of rotatable bonds is 4. The largest absolute Gasteiger partial charge is 0.305 e. The fraction of sp³-hybridized carbons (Fsp3) is 0.0556. The highest BCUT2D eigenvalue weighted by atomic mass is 35.5. The molecule has 2 N–H and O–H groups in total. The lowest BCUT2D eigenvalue weighted by Crippen LogP contribution is -2.39. The van der Waals surface area contributed by atoms with Crippen molar-refractivity contribution in [2.45, 2.75) is 0 Å². The molecule has 1 aromatic heterocycles. The van der Waals surface area contributed by atoms with Crippen LogP contribution in [0.5, 0.6) is 0 Å². The number of nitrogens with zero attached hydrogens (tertiary/aromatic N) is 2. The molecule has 122 valence electrons. The van der Waals surface area contributed by atoms with Crippen LogP contribution >= 0.6 is 11.6 Å². The summed E-state index contributed by atoms with van der Waals surface area (Å²) in [4.78, 5) is 12.6. The van der Waals surface area contributed by atoms with Gasteiger partial charge in [0.2, 0.25) is 0 Å². The molecule has 2 aromatic carbocycles. The SMILES string of the molecule is C=c1[nH]n(-c2cccc(Cl)c2)c(=O)c1=CNN(C)c1ccccc1. The maximum absolute atomic E-state index is 12.6. The Bertz CT molecular complexity index is 1010. The molecular formula is C18H17ClN4O. The minimum absolute atomic E-state index is 0.198. The van der Waals surface area contributed by atoms with Gasteiger partial charge < -0.3 is 5.43 Å². The van der Waals surface area contributed by atoms with Gasteiger partial charge in [0.15, 0.2) is 0 Å². The fourth-order valence-corrected chi connectivity index (χ4v) is 2.51. The molecule has 0 atom stereocenters. The van der Waals surface area contributed by atoms with Crippen molar-refractivity contribution < 1.29 is 0 Å². The molecule has 0 amide bonds. The van der Waals surface area contributed by atoms with Crippen LogP contribution in [-0.4, -0.2) is 16.8 Å². The summed E-state index contributed by atoms with van der Waals surface area (Å²) in [6.45, 7) is 3.90. The first kappa shape index (κ1) is 16.0. The number of benzene rings is 2. The van der Waals surface area contributed by atoms with E-state index in [9.17, 15) is 4.79 Å². The average Bonchev–Trinajstić information content (AvgIpc) is 2.88. The van der Waals surface area contributed by atoms with E-state index < -0.39 is 0 Å². The molecule has 0 aliphatic rings. The lowest BCUT2D eigenvalue weighted by molar-refractivity contribution is 0.838. The van der Waals surface area contributed by atoms with E-state index in [0.717, 1.165) is 5.69 Å². The van der Waals surface area contributed by atoms with Crippen LogP contribution in [0.15, 0.2) is 59.4 Å². The lowest BCUT2D eigenvalue weighted by atomic mass is 10.3. The molecule has 0 bridgehead atoms. The van der Waals surface area contributed by atoms with Crippen LogP contribution in [-0.2, 0) is 0 Å². The van der Waals surface area contributed by atoms with Crippen molar-refractivity contribution in [3.63, 3.8) is 0 Å².